The number of aromatic hydroxyl groups is 1. The maximum Gasteiger partial charge on any atom is 0.313 e. The first-order valence-corrected chi connectivity index (χ1v) is 8.99. The summed E-state index contributed by atoms with van der Waals surface area (Å²) in [5, 5.41) is 10.8. The van der Waals surface area contributed by atoms with Crippen LogP contribution in [0.3, 0.4) is 0 Å². The standard InChI is InChI=1S/C16H13ClN2O5S/c17-12-5-3-11(4-6-12)14-13(20)15(16(18)23-14)24-25(21,22)9-10-2-1-7-19-8-10/h1-8,20H,9,18H2. The highest BCUT2D eigenvalue weighted by Gasteiger charge is 2.26. The van der Waals surface area contributed by atoms with Crippen LogP contribution in [0.2, 0.25) is 5.02 Å². The molecule has 0 aliphatic rings. The summed E-state index contributed by atoms with van der Waals surface area (Å²) in [6.45, 7) is 0. The Morgan fingerprint density at radius 3 is 2.60 bits per heavy atom. The van der Waals surface area contributed by atoms with Crippen molar-refractivity contribution in [3.8, 4) is 22.8 Å². The van der Waals surface area contributed by atoms with Crippen LogP contribution in [0.15, 0.2) is 53.2 Å². The van der Waals surface area contributed by atoms with E-state index in [0.29, 0.717) is 16.1 Å². The molecule has 0 aliphatic carbocycles. The molecule has 0 radical (unpaired) electrons. The normalized spacial score (nSPS) is 11.4. The number of nitrogens with two attached hydrogens (primary N) is 1. The minimum absolute atomic E-state index is 0.0132. The predicted molar refractivity (Wildman–Crippen MR) is 92.7 cm³/mol. The summed E-state index contributed by atoms with van der Waals surface area (Å²) in [5.41, 5.74) is 6.55. The molecule has 2 heterocycles. The van der Waals surface area contributed by atoms with Gasteiger partial charge in [-0.3, -0.25) is 4.98 Å². The molecule has 7 nitrogen and oxygen atoms in total. The van der Waals surface area contributed by atoms with Crippen LogP contribution >= 0.6 is 11.6 Å². The van der Waals surface area contributed by atoms with Gasteiger partial charge in [0, 0.05) is 23.0 Å². The van der Waals surface area contributed by atoms with Crippen molar-refractivity contribution in [2.75, 3.05) is 5.73 Å². The van der Waals surface area contributed by atoms with Crippen molar-refractivity contribution < 1.29 is 22.1 Å². The lowest BCUT2D eigenvalue weighted by Crippen LogP contribution is -2.12. The van der Waals surface area contributed by atoms with Gasteiger partial charge in [-0.1, -0.05) is 17.7 Å². The number of rotatable bonds is 5. The van der Waals surface area contributed by atoms with E-state index in [9.17, 15) is 13.5 Å². The van der Waals surface area contributed by atoms with E-state index in [1.807, 2.05) is 0 Å². The summed E-state index contributed by atoms with van der Waals surface area (Å²) in [4.78, 5) is 3.84. The second kappa shape index (κ2) is 6.66. The van der Waals surface area contributed by atoms with Crippen LogP contribution in [0.25, 0.3) is 11.3 Å². The van der Waals surface area contributed by atoms with Crippen molar-refractivity contribution in [2.45, 2.75) is 5.75 Å². The van der Waals surface area contributed by atoms with Crippen LogP contribution in [0.4, 0.5) is 5.88 Å². The second-order valence-electron chi connectivity index (χ2n) is 5.13. The third-order valence-electron chi connectivity index (χ3n) is 3.25. The van der Waals surface area contributed by atoms with E-state index < -0.39 is 27.4 Å². The Morgan fingerprint density at radius 2 is 1.96 bits per heavy atom. The van der Waals surface area contributed by atoms with Gasteiger partial charge in [0.05, 0.1) is 0 Å². The number of anilines is 1. The molecule has 0 atom stereocenters. The van der Waals surface area contributed by atoms with Gasteiger partial charge in [0.25, 0.3) is 0 Å². The van der Waals surface area contributed by atoms with Gasteiger partial charge in [0.1, 0.15) is 5.75 Å². The summed E-state index contributed by atoms with van der Waals surface area (Å²) in [7, 11) is -4.07. The van der Waals surface area contributed by atoms with E-state index in [-0.39, 0.29) is 11.6 Å². The number of aromatic nitrogens is 1. The van der Waals surface area contributed by atoms with E-state index >= 15 is 0 Å². The lowest BCUT2D eigenvalue weighted by atomic mass is 10.1. The van der Waals surface area contributed by atoms with Gasteiger partial charge in [-0.25, -0.2) is 0 Å². The second-order valence-corrected chi connectivity index (χ2v) is 7.13. The molecule has 25 heavy (non-hydrogen) atoms. The quantitative estimate of drug-likeness (QED) is 0.653. The van der Waals surface area contributed by atoms with Gasteiger partial charge in [-0.05, 0) is 35.9 Å². The molecule has 3 N–H and O–H groups in total. The largest absolute Gasteiger partial charge is 0.501 e. The number of halogens is 1. The zero-order valence-electron chi connectivity index (χ0n) is 12.7. The van der Waals surface area contributed by atoms with Gasteiger partial charge in [0.2, 0.25) is 17.4 Å². The van der Waals surface area contributed by atoms with Gasteiger partial charge in [0.15, 0.2) is 5.76 Å². The Hall–Kier alpha value is -2.71. The van der Waals surface area contributed by atoms with Crippen LogP contribution in [0, 0.1) is 0 Å². The smallest absolute Gasteiger partial charge is 0.313 e. The molecule has 0 saturated heterocycles. The maximum atomic E-state index is 12.2. The molecule has 0 saturated carbocycles. The van der Waals surface area contributed by atoms with Gasteiger partial charge >= 0.3 is 10.1 Å². The highest BCUT2D eigenvalue weighted by molar-refractivity contribution is 7.86. The molecule has 9 heteroatoms. The lowest BCUT2D eigenvalue weighted by molar-refractivity contribution is 0.432. The first-order valence-electron chi connectivity index (χ1n) is 7.04. The number of hydrogen-bond donors (Lipinski definition) is 2. The van der Waals surface area contributed by atoms with Crippen LogP contribution in [0.1, 0.15) is 5.56 Å². The van der Waals surface area contributed by atoms with Crippen molar-refractivity contribution >= 4 is 27.6 Å². The predicted octanol–water partition coefficient (Wildman–Crippen LogP) is 3.19. The summed E-state index contributed by atoms with van der Waals surface area (Å²) < 4.78 is 34.6. The van der Waals surface area contributed by atoms with E-state index in [1.165, 1.54) is 12.4 Å². The molecule has 0 spiro atoms. The van der Waals surface area contributed by atoms with Crippen molar-refractivity contribution in [3.63, 3.8) is 0 Å². The molecule has 0 aliphatic heterocycles. The van der Waals surface area contributed by atoms with Gasteiger partial charge in [-0.15, -0.1) is 0 Å². The van der Waals surface area contributed by atoms with E-state index in [2.05, 4.69) is 4.98 Å². The molecular formula is C16H13ClN2O5S. The van der Waals surface area contributed by atoms with Crippen LogP contribution in [0.5, 0.6) is 11.5 Å². The molecule has 0 fully saturated rings. The summed E-state index contributed by atoms with van der Waals surface area (Å²) in [5.74, 6) is -1.75. The number of nitrogen functional groups attached to an aromatic ring is 1. The van der Waals surface area contributed by atoms with E-state index in [1.54, 1.807) is 36.4 Å². The van der Waals surface area contributed by atoms with Crippen molar-refractivity contribution in [1.82, 2.24) is 4.98 Å². The fourth-order valence-electron chi connectivity index (χ4n) is 2.15. The zero-order valence-corrected chi connectivity index (χ0v) is 14.3. The monoisotopic (exact) mass is 380 g/mol. The Balaban J connectivity index is 1.89. The van der Waals surface area contributed by atoms with Crippen LogP contribution < -0.4 is 9.92 Å². The van der Waals surface area contributed by atoms with Crippen molar-refractivity contribution in [2.24, 2.45) is 0 Å². The molecule has 3 aromatic rings. The Labute approximate surface area is 148 Å². The first-order chi connectivity index (χ1) is 11.9. The first kappa shape index (κ1) is 17.1. The minimum Gasteiger partial charge on any atom is -0.501 e. The fraction of sp³-hybridized carbons (Fsp3) is 0.0625. The molecule has 130 valence electrons. The van der Waals surface area contributed by atoms with E-state index in [0.717, 1.165) is 0 Å². The SMILES string of the molecule is Nc1oc(-c2ccc(Cl)cc2)c(O)c1OS(=O)(=O)Cc1cccnc1. The van der Waals surface area contributed by atoms with Gasteiger partial charge < -0.3 is 19.4 Å². The number of hydrogen-bond acceptors (Lipinski definition) is 7. The molecule has 0 unspecified atom stereocenters. The molecule has 0 bridgehead atoms. The molecule has 2 aromatic heterocycles. The third-order valence-corrected chi connectivity index (χ3v) is 4.61. The number of nitrogens with zero attached hydrogens (tertiary/aromatic N) is 1. The van der Waals surface area contributed by atoms with E-state index in [4.69, 9.17) is 25.9 Å². The maximum absolute atomic E-state index is 12.2. The van der Waals surface area contributed by atoms with Gasteiger partial charge in [-0.2, -0.15) is 8.42 Å². The molecule has 3 rings (SSSR count). The average Bonchev–Trinajstić information content (AvgIpc) is 2.84. The summed E-state index contributed by atoms with van der Waals surface area (Å²) >= 11 is 5.81. The Bertz CT molecular complexity index is 985. The highest BCUT2D eigenvalue weighted by atomic mass is 35.5. The molecular weight excluding hydrogens is 368 g/mol. The summed E-state index contributed by atoms with van der Waals surface area (Å²) in [6.07, 6.45) is 2.92. The fourth-order valence-corrected chi connectivity index (χ4v) is 3.32. The molecule has 0 amide bonds. The number of pyridine rings is 1. The Morgan fingerprint density at radius 1 is 1.24 bits per heavy atom. The topological polar surface area (TPSA) is 116 Å². The Kier molecular flexibility index (Phi) is 4.56. The highest BCUT2D eigenvalue weighted by Crippen LogP contribution is 2.45. The lowest BCUT2D eigenvalue weighted by Gasteiger charge is -2.06. The minimum atomic E-state index is -4.07. The van der Waals surface area contributed by atoms with Crippen molar-refractivity contribution in [3.05, 3.63) is 59.4 Å². The average molecular weight is 381 g/mol. The van der Waals surface area contributed by atoms with Crippen LogP contribution in [-0.2, 0) is 15.9 Å². The van der Waals surface area contributed by atoms with Crippen LogP contribution in [-0.4, -0.2) is 18.5 Å². The third kappa shape index (κ3) is 3.86. The van der Waals surface area contributed by atoms with Crippen molar-refractivity contribution in [1.29, 1.82) is 0 Å². The zero-order chi connectivity index (χ0) is 18.0. The number of benzene rings is 1. The molecule has 1 aromatic carbocycles. The number of furan rings is 1. The summed E-state index contributed by atoms with van der Waals surface area (Å²) in [6, 6.07) is 9.56.